The summed E-state index contributed by atoms with van der Waals surface area (Å²) in [6.07, 6.45) is 3.18. The highest BCUT2D eigenvalue weighted by molar-refractivity contribution is 5.91. The normalized spacial score (nSPS) is 10.5. The fraction of sp³-hybridized carbons (Fsp3) is 0.0526. The van der Waals surface area contributed by atoms with Crippen LogP contribution in [0.2, 0.25) is 0 Å². The van der Waals surface area contributed by atoms with Gasteiger partial charge in [0.25, 0.3) is 0 Å². The number of rotatable bonds is 4. The number of phenols is 1. The van der Waals surface area contributed by atoms with E-state index in [4.69, 9.17) is 5.11 Å². The molecule has 0 spiro atoms. The Morgan fingerprint density at radius 1 is 1.04 bits per heavy atom. The van der Waals surface area contributed by atoms with Crippen molar-refractivity contribution in [2.24, 2.45) is 0 Å². The smallest absolute Gasteiger partial charge is 0.339 e. The number of aryl methyl sites for hydroxylation is 1. The van der Waals surface area contributed by atoms with Gasteiger partial charge in [0.15, 0.2) is 0 Å². The molecule has 3 rings (SSSR count). The van der Waals surface area contributed by atoms with Crippen molar-refractivity contribution < 1.29 is 19.4 Å². The van der Waals surface area contributed by atoms with E-state index in [1.807, 2.05) is 0 Å². The highest BCUT2D eigenvalue weighted by Gasteiger charge is 2.11. The van der Waals surface area contributed by atoms with Crippen molar-refractivity contribution in [1.82, 2.24) is 4.98 Å². The van der Waals surface area contributed by atoms with Gasteiger partial charge in [-0.2, -0.15) is 0 Å². The molecule has 0 radical (unpaired) electrons. The molecule has 0 bridgehead atoms. The van der Waals surface area contributed by atoms with Crippen LogP contribution in [-0.2, 0) is 0 Å². The molecule has 3 N–H and O–H groups in total. The average Bonchev–Trinajstić information content (AvgIpc) is 2.58. The molecule has 3 aromatic rings. The molecule has 25 heavy (non-hydrogen) atoms. The van der Waals surface area contributed by atoms with E-state index in [1.165, 1.54) is 18.2 Å². The van der Waals surface area contributed by atoms with Crippen LogP contribution in [0.15, 0.2) is 54.9 Å². The third-order valence-corrected chi connectivity index (χ3v) is 3.76. The fourth-order valence-corrected chi connectivity index (χ4v) is 2.40. The Kier molecular flexibility index (Phi) is 4.35. The number of carbonyl (C=O) groups is 1. The molecule has 0 aliphatic rings. The van der Waals surface area contributed by atoms with Crippen LogP contribution in [0.4, 0.5) is 15.8 Å². The first-order chi connectivity index (χ1) is 11.9. The zero-order valence-electron chi connectivity index (χ0n) is 13.3. The molecule has 126 valence electrons. The van der Waals surface area contributed by atoms with Crippen molar-refractivity contribution >= 4 is 17.3 Å². The number of carboxylic acids is 1. The Morgan fingerprint density at radius 2 is 1.84 bits per heavy atom. The molecule has 0 aliphatic carbocycles. The summed E-state index contributed by atoms with van der Waals surface area (Å²) in [6.45, 7) is 1.69. The van der Waals surface area contributed by atoms with Gasteiger partial charge < -0.3 is 15.5 Å². The van der Waals surface area contributed by atoms with E-state index in [9.17, 15) is 14.3 Å². The summed E-state index contributed by atoms with van der Waals surface area (Å²) in [4.78, 5) is 15.1. The van der Waals surface area contributed by atoms with Crippen molar-refractivity contribution in [2.45, 2.75) is 6.92 Å². The number of nitrogens with zero attached hydrogens (tertiary/aromatic N) is 1. The van der Waals surface area contributed by atoms with Crippen LogP contribution in [0.1, 0.15) is 15.9 Å². The maximum Gasteiger partial charge on any atom is 0.339 e. The minimum absolute atomic E-state index is 0.166. The van der Waals surface area contributed by atoms with E-state index >= 15 is 0 Å². The number of nitrogens with one attached hydrogen (secondary N) is 1. The van der Waals surface area contributed by atoms with Crippen molar-refractivity contribution in [3.8, 4) is 16.9 Å². The number of hydrogen-bond donors (Lipinski definition) is 3. The Morgan fingerprint density at radius 3 is 2.52 bits per heavy atom. The molecule has 1 aromatic heterocycles. The number of aromatic nitrogens is 1. The average molecular weight is 338 g/mol. The van der Waals surface area contributed by atoms with Gasteiger partial charge in [0.1, 0.15) is 17.1 Å². The van der Waals surface area contributed by atoms with E-state index in [-0.39, 0.29) is 17.1 Å². The number of halogens is 1. The highest BCUT2D eigenvalue weighted by Crippen LogP contribution is 2.28. The molecule has 0 atom stereocenters. The van der Waals surface area contributed by atoms with Gasteiger partial charge >= 0.3 is 5.97 Å². The molecule has 0 aliphatic heterocycles. The van der Waals surface area contributed by atoms with Gasteiger partial charge in [-0.3, -0.25) is 4.98 Å². The maximum atomic E-state index is 13.6. The lowest BCUT2D eigenvalue weighted by Crippen LogP contribution is -1.97. The van der Waals surface area contributed by atoms with Crippen molar-refractivity contribution in [3.63, 3.8) is 0 Å². The van der Waals surface area contributed by atoms with E-state index in [2.05, 4.69) is 10.3 Å². The summed E-state index contributed by atoms with van der Waals surface area (Å²) in [5.74, 6) is -1.81. The standard InChI is InChI=1S/C19H15FN2O3/c1-11-2-4-14(8-17(11)20)22-15-6-13(9-21-10-15)12-3-5-16(19(24)25)18(23)7-12/h2-10,22-23H,1H3,(H,24,25). The number of benzene rings is 2. The van der Waals surface area contributed by atoms with Gasteiger partial charge in [-0.25, -0.2) is 9.18 Å². The van der Waals surface area contributed by atoms with Gasteiger partial charge in [0, 0.05) is 17.4 Å². The zero-order valence-corrected chi connectivity index (χ0v) is 13.3. The minimum atomic E-state index is -1.20. The topological polar surface area (TPSA) is 82.5 Å². The highest BCUT2D eigenvalue weighted by atomic mass is 19.1. The molecular weight excluding hydrogens is 323 g/mol. The maximum absolute atomic E-state index is 13.6. The van der Waals surface area contributed by atoms with Gasteiger partial charge in [0.2, 0.25) is 0 Å². The molecule has 2 aromatic carbocycles. The first-order valence-electron chi connectivity index (χ1n) is 7.49. The summed E-state index contributed by atoms with van der Waals surface area (Å²) in [6, 6.07) is 10.9. The van der Waals surface area contributed by atoms with Crippen LogP contribution in [-0.4, -0.2) is 21.2 Å². The van der Waals surface area contributed by atoms with E-state index < -0.39 is 5.97 Å². The van der Waals surface area contributed by atoms with Gasteiger partial charge in [-0.15, -0.1) is 0 Å². The Bertz CT molecular complexity index is 957. The van der Waals surface area contributed by atoms with E-state index in [1.54, 1.807) is 43.6 Å². The lowest BCUT2D eigenvalue weighted by Gasteiger charge is -2.10. The summed E-state index contributed by atoms with van der Waals surface area (Å²) >= 11 is 0. The number of carboxylic acid groups (broad SMARTS) is 1. The molecule has 0 fully saturated rings. The van der Waals surface area contributed by atoms with Crippen LogP contribution < -0.4 is 5.32 Å². The first-order valence-corrected chi connectivity index (χ1v) is 7.49. The summed E-state index contributed by atoms with van der Waals surface area (Å²) in [5.41, 5.74) is 2.93. The van der Waals surface area contributed by atoms with Crippen LogP contribution in [0, 0.1) is 12.7 Å². The van der Waals surface area contributed by atoms with Crippen molar-refractivity contribution in [2.75, 3.05) is 5.32 Å². The Balaban J connectivity index is 1.90. The number of aromatic carboxylic acids is 1. The Labute approximate surface area is 143 Å². The Hall–Kier alpha value is -3.41. The summed E-state index contributed by atoms with van der Waals surface area (Å²) < 4.78 is 13.6. The largest absolute Gasteiger partial charge is 0.507 e. The number of pyridine rings is 1. The number of anilines is 2. The second-order valence-corrected chi connectivity index (χ2v) is 5.59. The van der Waals surface area contributed by atoms with E-state index in [0.717, 1.165) is 0 Å². The molecule has 0 amide bonds. The van der Waals surface area contributed by atoms with Crippen LogP contribution in [0.5, 0.6) is 5.75 Å². The lowest BCUT2D eigenvalue weighted by molar-refractivity contribution is 0.0694. The summed E-state index contributed by atoms with van der Waals surface area (Å²) in [7, 11) is 0. The van der Waals surface area contributed by atoms with Crippen molar-refractivity contribution in [3.05, 3.63) is 71.8 Å². The molecule has 0 unspecified atom stereocenters. The van der Waals surface area contributed by atoms with Gasteiger partial charge in [-0.1, -0.05) is 12.1 Å². The summed E-state index contributed by atoms with van der Waals surface area (Å²) in [5, 5.41) is 21.9. The second-order valence-electron chi connectivity index (χ2n) is 5.59. The molecular formula is C19H15FN2O3. The van der Waals surface area contributed by atoms with E-state index in [0.29, 0.717) is 28.1 Å². The molecule has 5 nitrogen and oxygen atoms in total. The third kappa shape index (κ3) is 3.58. The third-order valence-electron chi connectivity index (χ3n) is 3.76. The predicted molar refractivity (Wildman–Crippen MR) is 92.7 cm³/mol. The second kappa shape index (κ2) is 6.60. The molecule has 6 heteroatoms. The zero-order chi connectivity index (χ0) is 18.0. The van der Waals surface area contributed by atoms with Gasteiger partial charge in [-0.05, 0) is 48.4 Å². The quantitative estimate of drug-likeness (QED) is 0.659. The minimum Gasteiger partial charge on any atom is -0.507 e. The molecule has 0 saturated heterocycles. The number of aromatic hydroxyl groups is 1. The number of hydrogen-bond acceptors (Lipinski definition) is 4. The molecule has 1 heterocycles. The van der Waals surface area contributed by atoms with Crippen LogP contribution in [0.3, 0.4) is 0 Å². The SMILES string of the molecule is Cc1ccc(Nc2cncc(-c3ccc(C(=O)O)c(O)c3)c2)cc1F. The first kappa shape index (κ1) is 16.4. The fourth-order valence-electron chi connectivity index (χ4n) is 2.40. The molecule has 0 saturated carbocycles. The monoisotopic (exact) mass is 338 g/mol. The van der Waals surface area contributed by atoms with Gasteiger partial charge in [0.05, 0.1) is 11.9 Å². The lowest BCUT2D eigenvalue weighted by atomic mass is 10.0. The van der Waals surface area contributed by atoms with Crippen molar-refractivity contribution in [1.29, 1.82) is 0 Å². The van der Waals surface area contributed by atoms with Crippen LogP contribution >= 0.6 is 0 Å². The predicted octanol–water partition coefficient (Wildman–Crippen LogP) is 4.34. The van der Waals surface area contributed by atoms with Crippen LogP contribution in [0.25, 0.3) is 11.1 Å².